The van der Waals surface area contributed by atoms with Crippen LogP contribution < -0.4 is 5.32 Å². The van der Waals surface area contributed by atoms with Crippen molar-refractivity contribution in [3.63, 3.8) is 0 Å². The lowest BCUT2D eigenvalue weighted by Gasteiger charge is -2.06. The van der Waals surface area contributed by atoms with Crippen molar-refractivity contribution in [1.29, 1.82) is 0 Å². The normalized spacial score (nSPS) is 11.4. The predicted octanol–water partition coefficient (Wildman–Crippen LogP) is 3.65. The van der Waals surface area contributed by atoms with Crippen LogP contribution in [0.15, 0.2) is 30.5 Å². The van der Waals surface area contributed by atoms with Crippen LogP contribution in [0.2, 0.25) is 0 Å². The summed E-state index contributed by atoms with van der Waals surface area (Å²) in [5, 5.41) is 3.54. The number of nitrogens with zero attached hydrogens (tertiary/aromatic N) is 2. The van der Waals surface area contributed by atoms with Crippen molar-refractivity contribution in [1.82, 2.24) is 14.7 Å². The summed E-state index contributed by atoms with van der Waals surface area (Å²) >= 11 is 1.75. The highest BCUT2D eigenvalue weighted by atomic mass is 32.1. The summed E-state index contributed by atoms with van der Waals surface area (Å²) < 4.78 is 2.22. The average molecular weight is 299 g/mol. The van der Waals surface area contributed by atoms with Crippen molar-refractivity contribution in [2.24, 2.45) is 0 Å². The van der Waals surface area contributed by atoms with Crippen molar-refractivity contribution in [2.75, 3.05) is 6.54 Å². The van der Waals surface area contributed by atoms with Crippen LogP contribution in [0.5, 0.6) is 0 Å². The summed E-state index contributed by atoms with van der Waals surface area (Å²) in [6.07, 6.45) is 3.24. The second-order valence-electron chi connectivity index (χ2n) is 5.55. The van der Waals surface area contributed by atoms with E-state index in [9.17, 15) is 0 Å². The Morgan fingerprint density at radius 2 is 2.10 bits per heavy atom. The minimum Gasteiger partial charge on any atom is -0.311 e. The van der Waals surface area contributed by atoms with Gasteiger partial charge in [-0.2, -0.15) is 0 Å². The molecule has 21 heavy (non-hydrogen) atoms. The van der Waals surface area contributed by atoms with Crippen LogP contribution in [0.25, 0.3) is 4.96 Å². The molecule has 110 valence electrons. The molecule has 4 heteroatoms. The fourth-order valence-electron chi connectivity index (χ4n) is 2.63. The monoisotopic (exact) mass is 299 g/mol. The van der Waals surface area contributed by atoms with Crippen molar-refractivity contribution < 1.29 is 0 Å². The number of fused-ring (bicyclic) bond motifs is 1. The van der Waals surface area contributed by atoms with E-state index in [0.717, 1.165) is 30.2 Å². The third kappa shape index (κ3) is 3.17. The summed E-state index contributed by atoms with van der Waals surface area (Å²) in [7, 11) is 0. The molecule has 0 saturated heterocycles. The van der Waals surface area contributed by atoms with E-state index in [1.54, 1.807) is 11.3 Å². The van der Waals surface area contributed by atoms with Crippen molar-refractivity contribution in [3.05, 3.63) is 57.9 Å². The molecular weight excluding hydrogens is 278 g/mol. The predicted molar refractivity (Wildman–Crippen MR) is 89.1 cm³/mol. The van der Waals surface area contributed by atoms with E-state index >= 15 is 0 Å². The first kappa shape index (κ1) is 14.3. The Balaban J connectivity index is 1.60. The summed E-state index contributed by atoms with van der Waals surface area (Å²) in [5.74, 6) is 0. The zero-order chi connectivity index (χ0) is 14.8. The number of benzene rings is 1. The maximum Gasteiger partial charge on any atom is 0.194 e. The van der Waals surface area contributed by atoms with Crippen LogP contribution in [0.3, 0.4) is 0 Å². The zero-order valence-corrected chi connectivity index (χ0v) is 13.6. The molecule has 0 unspecified atom stereocenters. The molecule has 0 aliphatic heterocycles. The number of imidazole rings is 1. The Labute approximate surface area is 129 Å². The Morgan fingerprint density at radius 1 is 1.24 bits per heavy atom. The van der Waals surface area contributed by atoms with Crippen LogP contribution in [0.4, 0.5) is 0 Å². The fraction of sp³-hybridized carbons (Fsp3) is 0.353. The lowest BCUT2D eigenvalue weighted by atomic mass is 10.1. The van der Waals surface area contributed by atoms with Gasteiger partial charge in [-0.15, -0.1) is 11.3 Å². The largest absolute Gasteiger partial charge is 0.311 e. The molecule has 0 radical (unpaired) electrons. The molecule has 3 rings (SSSR count). The molecule has 3 aromatic rings. The summed E-state index contributed by atoms with van der Waals surface area (Å²) in [5.41, 5.74) is 5.13. The second kappa shape index (κ2) is 6.00. The van der Waals surface area contributed by atoms with Gasteiger partial charge < -0.3 is 5.32 Å². The highest BCUT2D eigenvalue weighted by Gasteiger charge is 2.10. The maximum absolute atomic E-state index is 4.62. The average Bonchev–Trinajstić information content (AvgIpc) is 2.91. The van der Waals surface area contributed by atoms with Gasteiger partial charge >= 0.3 is 0 Å². The smallest absolute Gasteiger partial charge is 0.194 e. The molecule has 3 nitrogen and oxygen atoms in total. The van der Waals surface area contributed by atoms with E-state index in [1.165, 1.54) is 21.7 Å². The van der Waals surface area contributed by atoms with E-state index in [1.807, 2.05) is 0 Å². The van der Waals surface area contributed by atoms with Gasteiger partial charge in [-0.1, -0.05) is 29.8 Å². The lowest BCUT2D eigenvalue weighted by Crippen LogP contribution is -2.18. The standard InChI is InChI=1S/C17H21N3S/c1-12-5-4-6-15(9-12)7-8-18-10-16-14(3)19-17-20(16)11-13(2)21-17/h4-6,9,11,18H,7-8,10H2,1-3H3. The molecule has 0 fully saturated rings. The van der Waals surface area contributed by atoms with Gasteiger partial charge in [-0.25, -0.2) is 4.98 Å². The molecule has 0 spiro atoms. The van der Waals surface area contributed by atoms with E-state index in [0.29, 0.717) is 0 Å². The van der Waals surface area contributed by atoms with Crippen molar-refractivity contribution in [3.8, 4) is 0 Å². The molecule has 0 aliphatic rings. The number of hydrogen-bond acceptors (Lipinski definition) is 3. The van der Waals surface area contributed by atoms with Crippen molar-refractivity contribution in [2.45, 2.75) is 33.7 Å². The molecule has 0 saturated carbocycles. The van der Waals surface area contributed by atoms with Crippen LogP contribution in [-0.4, -0.2) is 15.9 Å². The highest BCUT2D eigenvalue weighted by Crippen LogP contribution is 2.20. The molecular formula is C17H21N3S. The van der Waals surface area contributed by atoms with Gasteiger partial charge in [-0.05, 0) is 39.3 Å². The highest BCUT2D eigenvalue weighted by molar-refractivity contribution is 7.17. The molecule has 0 bridgehead atoms. The second-order valence-corrected chi connectivity index (χ2v) is 6.77. The van der Waals surface area contributed by atoms with Gasteiger partial charge in [0.15, 0.2) is 4.96 Å². The number of rotatable bonds is 5. The van der Waals surface area contributed by atoms with Crippen LogP contribution in [-0.2, 0) is 13.0 Å². The van der Waals surface area contributed by atoms with Gasteiger partial charge in [-0.3, -0.25) is 4.40 Å². The molecule has 1 aromatic carbocycles. The van der Waals surface area contributed by atoms with Crippen molar-refractivity contribution >= 4 is 16.3 Å². The van der Waals surface area contributed by atoms with Gasteiger partial charge in [0.1, 0.15) is 0 Å². The molecule has 0 aliphatic carbocycles. The third-order valence-electron chi connectivity index (χ3n) is 3.71. The minimum atomic E-state index is 0.870. The summed E-state index contributed by atoms with van der Waals surface area (Å²) in [6.45, 7) is 8.21. The number of aryl methyl sites for hydroxylation is 3. The summed E-state index contributed by atoms with van der Waals surface area (Å²) in [4.78, 5) is 7.03. The Morgan fingerprint density at radius 3 is 2.90 bits per heavy atom. The SMILES string of the molecule is Cc1cccc(CCNCc2c(C)nc3sc(C)cn23)c1. The third-order valence-corrected chi connectivity index (χ3v) is 4.60. The van der Waals surface area contributed by atoms with E-state index in [-0.39, 0.29) is 0 Å². The van der Waals surface area contributed by atoms with E-state index < -0.39 is 0 Å². The molecule has 0 atom stereocenters. The van der Waals surface area contributed by atoms with Gasteiger partial charge in [0, 0.05) is 17.6 Å². The first-order chi connectivity index (χ1) is 10.1. The zero-order valence-electron chi connectivity index (χ0n) is 12.8. The van der Waals surface area contributed by atoms with Crippen LogP contribution in [0, 0.1) is 20.8 Å². The maximum atomic E-state index is 4.62. The van der Waals surface area contributed by atoms with E-state index in [4.69, 9.17) is 0 Å². The van der Waals surface area contributed by atoms with E-state index in [2.05, 4.69) is 65.9 Å². The van der Waals surface area contributed by atoms with Gasteiger partial charge in [0.05, 0.1) is 11.4 Å². The van der Waals surface area contributed by atoms with Crippen LogP contribution in [0.1, 0.15) is 27.4 Å². The fourth-order valence-corrected chi connectivity index (χ4v) is 3.52. The lowest BCUT2D eigenvalue weighted by molar-refractivity contribution is 0.668. The first-order valence-electron chi connectivity index (χ1n) is 7.34. The quantitative estimate of drug-likeness (QED) is 0.729. The molecule has 2 heterocycles. The number of hydrogen-bond donors (Lipinski definition) is 1. The Kier molecular flexibility index (Phi) is 4.08. The Bertz CT molecular complexity index is 755. The first-order valence-corrected chi connectivity index (χ1v) is 8.15. The minimum absolute atomic E-state index is 0.870. The molecule has 0 amide bonds. The van der Waals surface area contributed by atoms with Gasteiger partial charge in [0.25, 0.3) is 0 Å². The number of thiazole rings is 1. The van der Waals surface area contributed by atoms with Gasteiger partial charge in [0.2, 0.25) is 0 Å². The number of aromatic nitrogens is 2. The Hall–Kier alpha value is -1.65. The summed E-state index contributed by atoms with van der Waals surface area (Å²) in [6, 6.07) is 8.72. The topological polar surface area (TPSA) is 29.3 Å². The molecule has 1 N–H and O–H groups in total. The number of nitrogens with one attached hydrogen (secondary N) is 1. The molecule has 2 aromatic heterocycles. The van der Waals surface area contributed by atoms with Crippen LogP contribution >= 0.6 is 11.3 Å².